The average Bonchev–Trinajstić information content (AvgIpc) is 2.72. The fraction of sp³-hybridized carbons (Fsp3) is 0.308. The van der Waals surface area contributed by atoms with Crippen LogP contribution in [-0.2, 0) is 6.18 Å². The van der Waals surface area contributed by atoms with E-state index in [4.69, 9.17) is 0 Å². The molecule has 0 fully saturated rings. The Kier molecular flexibility index (Phi) is 3.41. The largest absolute Gasteiger partial charge is 0.418 e. The van der Waals surface area contributed by atoms with Crippen LogP contribution in [0.2, 0.25) is 0 Å². The van der Waals surface area contributed by atoms with Crippen molar-refractivity contribution in [3.05, 3.63) is 41.5 Å². The second-order valence-electron chi connectivity index (χ2n) is 4.25. The zero-order valence-electron chi connectivity index (χ0n) is 9.88. The smallest absolute Gasteiger partial charge is 0.278 e. The number of hydrogen-bond acceptors (Lipinski definition) is 2. The Bertz CT molecular complexity index is 501. The summed E-state index contributed by atoms with van der Waals surface area (Å²) in [7, 11) is 0. The molecule has 1 aliphatic carbocycles. The Hall–Kier alpha value is -1.78. The predicted octanol–water partition coefficient (Wildman–Crippen LogP) is 4.21. The molecule has 0 aromatic heterocycles. The average molecular weight is 254 g/mol. The summed E-state index contributed by atoms with van der Waals surface area (Å²) in [5.41, 5.74) is 3.76. The van der Waals surface area contributed by atoms with Gasteiger partial charge in [-0.2, -0.15) is 18.3 Å². The van der Waals surface area contributed by atoms with Gasteiger partial charge >= 0.3 is 6.18 Å². The molecular formula is C13H13F3N2. The molecule has 2 rings (SSSR count). The predicted molar refractivity (Wildman–Crippen MR) is 65.5 cm³/mol. The molecule has 18 heavy (non-hydrogen) atoms. The molecule has 1 aliphatic rings. The van der Waals surface area contributed by atoms with E-state index >= 15 is 0 Å². The van der Waals surface area contributed by atoms with E-state index in [1.165, 1.54) is 17.7 Å². The summed E-state index contributed by atoms with van der Waals surface area (Å²) in [5.74, 6) is 0. The molecule has 0 heterocycles. The lowest BCUT2D eigenvalue weighted by atomic mass is 10.2. The number of anilines is 1. The highest BCUT2D eigenvalue weighted by molar-refractivity contribution is 5.98. The van der Waals surface area contributed by atoms with Crippen LogP contribution in [0.25, 0.3) is 0 Å². The number of hydrazone groups is 1. The number of alkyl halides is 3. The minimum Gasteiger partial charge on any atom is -0.278 e. The molecule has 1 aromatic rings. The van der Waals surface area contributed by atoms with Crippen molar-refractivity contribution in [1.82, 2.24) is 0 Å². The quantitative estimate of drug-likeness (QED) is 0.785. The second-order valence-corrected chi connectivity index (χ2v) is 4.25. The van der Waals surface area contributed by atoms with Crippen LogP contribution in [0.4, 0.5) is 18.9 Å². The first kappa shape index (κ1) is 12.7. The third-order valence-electron chi connectivity index (χ3n) is 2.74. The summed E-state index contributed by atoms with van der Waals surface area (Å²) in [5, 5.41) is 4.01. The Morgan fingerprint density at radius 3 is 2.50 bits per heavy atom. The topological polar surface area (TPSA) is 24.4 Å². The summed E-state index contributed by atoms with van der Waals surface area (Å²) < 4.78 is 38.1. The van der Waals surface area contributed by atoms with E-state index < -0.39 is 11.7 Å². The molecule has 5 heteroatoms. The van der Waals surface area contributed by atoms with Crippen molar-refractivity contribution in [2.24, 2.45) is 5.10 Å². The highest BCUT2D eigenvalue weighted by atomic mass is 19.4. The van der Waals surface area contributed by atoms with Gasteiger partial charge in [-0.25, -0.2) is 0 Å². The number of allylic oxidation sites excluding steroid dienone is 2. The van der Waals surface area contributed by atoms with Gasteiger partial charge < -0.3 is 0 Å². The molecular weight excluding hydrogens is 241 g/mol. The summed E-state index contributed by atoms with van der Waals surface area (Å²) in [6.07, 6.45) is -0.789. The van der Waals surface area contributed by atoms with Gasteiger partial charge in [0.25, 0.3) is 0 Å². The van der Waals surface area contributed by atoms with Crippen LogP contribution < -0.4 is 5.43 Å². The van der Waals surface area contributed by atoms with Gasteiger partial charge in [0.1, 0.15) is 0 Å². The minimum atomic E-state index is -4.37. The molecule has 96 valence electrons. The fourth-order valence-corrected chi connectivity index (χ4v) is 1.80. The summed E-state index contributed by atoms with van der Waals surface area (Å²) in [6.45, 7) is 1.98. The summed E-state index contributed by atoms with van der Waals surface area (Å²) in [6, 6.07) is 5.32. The molecule has 0 radical (unpaired) electrons. The fourth-order valence-electron chi connectivity index (χ4n) is 1.80. The van der Waals surface area contributed by atoms with E-state index in [2.05, 4.69) is 10.5 Å². The lowest BCUT2D eigenvalue weighted by Crippen LogP contribution is -2.09. The minimum absolute atomic E-state index is 0.0181. The number of nitrogens with zero attached hydrogens (tertiary/aromatic N) is 1. The first-order chi connectivity index (χ1) is 8.47. The Labute approximate surface area is 103 Å². The standard InChI is InChI=1S/C13H13F3N2/c1-9-6-7-10(8-9)17-18-12-5-3-2-4-11(12)13(14,15)16/h2-5,8,18H,6-7H2,1H3/b17-10-. The van der Waals surface area contributed by atoms with Gasteiger partial charge in [-0.15, -0.1) is 0 Å². The van der Waals surface area contributed by atoms with Crippen molar-refractivity contribution in [2.45, 2.75) is 25.9 Å². The van der Waals surface area contributed by atoms with E-state index in [-0.39, 0.29) is 5.69 Å². The maximum Gasteiger partial charge on any atom is 0.418 e. The molecule has 1 N–H and O–H groups in total. The maximum absolute atomic E-state index is 12.7. The van der Waals surface area contributed by atoms with E-state index in [9.17, 15) is 13.2 Å². The number of hydrogen-bond donors (Lipinski definition) is 1. The molecule has 0 amide bonds. The number of rotatable bonds is 2. The first-order valence-electron chi connectivity index (χ1n) is 5.63. The lowest BCUT2D eigenvalue weighted by molar-refractivity contribution is -0.136. The first-order valence-corrected chi connectivity index (χ1v) is 5.63. The van der Waals surface area contributed by atoms with Crippen molar-refractivity contribution >= 4 is 11.4 Å². The van der Waals surface area contributed by atoms with Crippen molar-refractivity contribution in [1.29, 1.82) is 0 Å². The van der Waals surface area contributed by atoms with Crippen molar-refractivity contribution < 1.29 is 13.2 Å². The zero-order valence-corrected chi connectivity index (χ0v) is 9.88. The van der Waals surface area contributed by atoms with Gasteiger partial charge in [0.05, 0.1) is 17.0 Å². The molecule has 1 aromatic carbocycles. The van der Waals surface area contributed by atoms with E-state index in [1.807, 2.05) is 13.0 Å². The van der Waals surface area contributed by atoms with Crippen molar-refractivity contribution in [3.8, 4) is 0 Å². The van der Waals surface area contributed by atoms with E-state index in [0.29, 0.717) is 0 Å². The normalized spacial score (nSPS) is 18.0. The lowest BCUT2D eigenvalue weighted by Gasteiger charge is -2.11. The second kappa shape index (κ2) is 4.84. The van der Waals surface area contributed by atoms with E-state index in [1.54, 1.807) is 6.07 Å². The molecule has 0 saturated heterocycles. The maximum atomic E-state index is 12.7. The third kappa shape index (κ3) is 2.91. The molecule has 0 aliphatic heterocycles. The SMILES string of the molecule is CC1=C/C(=N\Nc2ccccc2C(F)(F)F)CC1. The zero-order chi connectivity index (χ0) is 13.2. The summed E-state index contributed by atoms with van der Waals surface area (Å²) in [4.78, 5) is 0. The molecule has 0 spiro atoms. The number of benzene rings is 1. The van der Waals surface area contributed by atoms with Crippen LogP contribution in [0.3, 0.4) is 0 Å². The summed E-state index contributed by atoms with van der Waals surface area (Å²) >= 11 is 0. The Morgan fingerprint density at radius 2 is 1.89 bits per heavy atom. The van der Waals surface area contributed by atoms with Crippen LogP contribution in [-0.4, -0.2) is 5.71 Å². The van der Waals surface area contributed by atoms with Gasteiger partial charge in [-0.1, -0.05) is 17.7 Å². The van der Waals surface area contributed by atoms with Gasteiger partial charge in [0, 0.05) is 0 Å². The molecule has 0 atom stereocenters. The van der Waals surface area contributed by atoms with Crippen LogP contribution in [0.1, 0.15) is 25.3 Å². The Morgan fingerprint density at radius 1 is 1.17 bits per heavy atom. The molecule has 0 unspecified atom stereocenters. The monoisotopic (exact) mass is 254 g/mol. The van der Waals surface area contributed by atoms with Crippen molar-refractivity contribution in [2.75, 3.05) is 5.43 Å². The van der Waals surface area contributed by atoms with Crippen LogP contribution >= 0.6 is 0 Å². The van der Waals surface area contributed by atoms with Crippen molar-refractivity contribution in [3.63, 3.8) is 0 Å². The highest BCUT2D eigenvalue weighted by Crippen LogP contribution is 2.34. The van der Waals surface area contributed by atoms with Gasteiger partial charge in [0.2, 0.25) is 0 Å². The van der Waals surface area contributed by atoms with Gasteiger partial charge in [-0.05, 0) is 38.0 Å². The number of nitrogens with one attached hydrogen (secondary N) is 1. The highest BCUT2D eigenvalue weighted by Gasteiger charge is 2.33. The molecule has 0 bridgehead atoms. The third-order valence-corrected chi connectivity index (χ3v) is 2.74. The number of halogens is 3. The number of para-hydroxylation sites is 1. The van der Waals surface area contributed by atoms with Crippen LogP contribution in [0, 0.1) is 0 Å². The molecule has 2 nitrogen and oxygen atoms in total. The van der Waals surface area contributed by atoms with Gasteiger partial charge in [0.15, 0.2) is 0 Å². The van der Waals surface area contributed by atoms with E-state index in [0.717, 1.165) is 24.6 Å². The van der Waals surface area contributed by atoms with Gasteiger partial charge in [-0.3, -0.25) is 5.43 Å². The Balaban J connectivity index is 2.20. The van der Waals surface area contributed by atoms with Crippen LogP contribution in [0.15, 0.2) is 41.0 Å². The molecule has 0 saturated carbocycles. The van der Waals surface area contributed by atoms with Crippen LogP contribution in [0.5, 0.6) is 0 Å².